The van der Waals surface area contributed by atoms with Crippen LogP contribution in [0.2, 0.25) is 16.6 Å². The van der Waals surface area contributed by atoms with Crippen LogP contribution in [0.15, 0.2) is 24.3 Å². The smallest absolute Gasteiger partial charge is 0.468 e. The van der Waals surface area contributed by atoms with Gasteiger partial charge in [-0.05, 0) is 97.2 Å². The summed E-state index contributed by atoms with van der Waals surface area (Å²) in [6.45, 7) is 22.6. The van der Waals surface area contributed by atoms with Crippen LogP contribution in [0.1, 0.15) is 81.2 Å². The lowest BCUT2D eigenvalue weighted by Crippen LogP contribution is -2.48. The zero-order valence-corrected chi connectivity index (χ0v) is 26.4. The van der Waals surface area contributed by atoms with E-state index in [-0.39, 0.29) is 12.6 Å². The highest BCUT2D eigenvalue weighted by Gasteiger charge is 2.52. The molecule has 212 valence electrons. The van der Waals surface area contributed by atoms with Crippen LogP contribution in [0, 0.1) is 5.82 Å². The SMILES string of the molecule is COCOc1cc(B2OC(C)(C)C(C)(C)O2)c2c(CCCO[Si](C(C)C)(C(C)C)C(C)C)c(F)ccc2c1. The Labute approximate surface area is 231 Å². The van der Waals surface area contributed by atoms with Gasteiger partial charge in [0.2, 0.25) is 0 Å². The summed E-state index contributed by atoms with van der Waals surface area (Å²) in [4.78, 5) is 0. The van der Waals surface area contributed by atoms with Crippen molar-refractivity contribution >= 4 is 31.7 Å². The van der Waals surface area contributed by atoms with Gasteiger partial charge >= 0.3 is 7.12 Å². The van der Waals surface area contributed by atoms with E-state index in [2.05, 4.69) is 41.5 Å². The van der Waals surface area contributed by atoms with Crippen molar-refractivity contribution in [2.24, 2.45) is 0 Å². The van der Waals surface area contributed by atoms with Crippen molar-refractivity contribution < 1.29 is 27.6 Å². The van der Waals surface area contributed by atoms with Crippen LogP contribution in [0.25, 0.3) is 10.8 Å². The third kappa shape index (κ3) is 5.99. The summed E-state index contributed by atoms with van der Waals surface area (Å²) >= 11 is 0. The van der Waals surface area contributed by atoms with Crippen LogP contribution in [0.4, 0.5) is 4.39 Å². The standard InChI is InChI=1S/C30H48BFO5Si/c1-20(2)38(21(3)4,22(5)6)35-16-12-13-25-27(32)15-14-23-17-24(34-19-33-11)18-26(28(23)25)31-36-29(7,8)30(9,10)37-31/h14-15,17-18,20-22H,12-13,16,19H2,1-11H3. The second kappa shape index (κ2) is 12.0. The van der Waals surface area contributed by atoms with E-state index < -0.39 is 26.6 Å². The molecule has 0 unspecified atom stereocenters. The largest absolute Gasteiger partial charge is 0.495 e. The van der Waals surface area contributed by atoms with E-state index in [0.29, 0.717) is 41.0 Å². The molecule has 8 heteroatoms. The molecule has 0 saturated carbocycles. The van der Waals surface area contributed by atoms with Crippen molar-refractivity contribution in [3.05, 3.63) is 35.6 Å². The molecule has 0 aliphatic carbocycles. The van der Waals surface area contributed by atoms with Gasteiger partial charge in [0, 0.05) is 13.7 Å². The fourth-order valence-corrected chi connectivity index (χ4v) is 11.6. The number of hydrogen-bond donors (Lipinski definition) is 0. The van der Waals surface area contributed by atoms with E-state index >= 15 is 4.39 Å². The van der Waals surface area contributed by atoms with Crippen molar-refractivity contribution in [3.8, 4) is 5.75 Å². The lowest BCUT2D eigenvalue weighted by molar-refractivity contribution is 0.00578. The third-order valence-electron chi connectivity index (χ3n) is 8.65. The van der Waals surface area contributed by atoms with Crippen molar-refractivity contribution in [2.75, 3.05) is 20.5 Å². The Kier molecular flexibility index (Phi) is 9.79. The molecule has 0 amide bonds. The molecule has 1 aliphatic rings. The van der Waals surface area contributed by atoms with E-state index in [4.69, 9.17) is 23.2 Å². The summed E-state index contributed by atoms with van der Waals surface area (Å²) in [6, 6.07) is 7.17. The third-order valence-corrected chi connectivity index (χ3v) is 14.8. The molecule has 0 atom stereocenters. The minimum Gasteiger partial charge on any atom is -0.468 e. The average molecular weight is 547 g/mol. The Bertz CT molecular complexity index is 1060. The number of benzene rings is 2. The number of fused-ring (bicyclic) bond motifs is 1. The maximum atomic E-state index is 15.5. The number of methoxy groups -OCH3 is 1. The summed E-state index contributed by atoms with van der Waals surface area (Å²) in [5.74, 6) is 0.410. The van der Waals surface area contributed by atoms with Gasteiger partial charge in [-0.15, -0.1) is 0 Å². The molecule has 0 bridgehead atoms. The summed E-state index contributed by atoms with van der Waals surface area (Å²) in [5, 5.41) is 1.71. The van der Waals surface area contributed by atoms with Crippen LogP contribution in [0.3, 0.4) is 0 Å². The molecule has 0 aromatic heterocycles. The number of aryl methyl sites for hydroxylation is 1. The molecule has 2 aromatic rings. The summed E-state index contributed by atoms with van der Waals surface area (Å²) in [6.07, 6.45) is 1.30. The molecule has 3 rings (SSSR count). The Morgan fingerprint density at radius 3 is 2.03 bits per heavy atom. The fraction of sp³-hybridized carbons (Fsp3) is 0.667. The highest BCUT2D eigenvalue weighted by atomic mass is 28.4. The molecule has 0 radical (unpaired) electrons. The van der Waals surface area contributed by atoms with E-state index in [0.717, 1.165) is 22.7 Å². The molecule has 0 N–H and O–H groups in total. The Hall–Kier alpha value is -1.45. The van der Waals surface area contributed by atoms with Gasteiger partial charge in [0.1, 0.15) is 11.6 Å². The first-order valence-corrected chi connectivity index (χ1v) is 16.2. The van der Waals surface area contributed by atoms with E-state index in [1.807, 2.05) is 39.8 Å². The molecule has 5 nitrogen and oxygen atoms in total. The molecule has 1 saturated heterocycles. The zero-order valence-electron chi connectivity index (χ0n) is 25.4. The van der Waals surface area contributed by atoms with Crippen molar-refractivity contribution in [3.63, 3.8) is 0 Å². The van der Waals surface area contributed by atoms with Gasteiger partial charge in [-0.3, -0.25) is 0 Å². The van der Waals surface area contributed by atoms with Gasteiger partial charge in [0.05, 0.1) is 11.2 Å². The lowest BCUT2D eigenvalue weighted by Gasteiger charge is -2.42. The van der Waals surface area contributed by atoms with Crippen LogP contribution >= 0.6 is 0 Å². The summed E-state index contributed by atoms with van der Waals surface area (Å²) in [5.41, 5.74) is 1.94. The van der Waals surface area contributed by atoms with Crippen LogP contribution in [0.5, 0.6) is 5.75 Å². The topological polar surface area (TPSA) is 46.2 Å². The predicted molar refractivity (Wildman–Crippen MR) is 157 cm³/mol. The Morgan fingerprint density at radius 1 is 0.921 bits per heavy atom. The molecule has 1 fully saturated rings. The van der Waals surface area contributed by atoms with E-state index in [1.54, 1.807) is 19.2 Å². The zero-order chi connectivity index (χ0) is 28.5. The molecular weight excluding hydrogens is 498 g/mol. The molecule has 38 heavy (non-hydrogen) atoms. The molecule has 1 aliphatic heterocycles. The molecule has 2 aromatic carbocycles. The minimum atomic E-state index is -1.98. The number of ether oxygens (including phenoxy) is 2. The lowest BCUT2D eigenvalue weighted by atomic mass is 9.74. The van der Waals surface area contributed by atoms with Gasteiger partial charge in [-0.25, -0.2) is 4.39 Å². The highest BCUT2D eigenvalue weighted by molar-refractivity contribution is 6.77. The van der Waals surface area contributed by atoms with Gasteiger partial charge in [-0.2, -0.15) is 0 Å². The summed E-state index contributed by atoms with van der Waals surface area (Å²) in [7, 11) is -1.04. The summed E-state index contributed by atoms with van der Waals surface area (Å²) < 4.78 is 46.0. The maximum Gasteiger partial charge on any atom is 0.495 e. The first kappa shape index (κ1) is 31.1. The van der Waals surface area contributed by atoms with Crippen LogP contribution < -0.4 is 10.2 Å². The van der Waals surface area contributed by atoms with Gasteiger partial charge < -0.3 is 23.2 Å². The van der Waals surface area contributed by atoms with Gasteiger partial charge in [-0.1, -0.05) is 47.6 Å². The molecular formula is C30H48BFO5Si. The Balaban J connectivity index is 1.98. The Morgan fingerprint density at radius 2 is 1.50 bits per heavy atom. The second-order valence-electron chi connectivity index (χ2n) is 12.5. The number of rotatable bonds is 12. The second-order valence-corrected chi connectivity index (χ2v) is 18.0. The first-order chi connectivity index (χ1) is 17.7. The van der Waals surface area contributed by atoms with Gasteiger partial charge in [0.25, 0.3) is 0 Å². The monoisotopic (exact) mass is 546 g/mol. The van der Waals surface area contributed by atoms with Crippen LogP contribution in [-0.2, 0) is 24.9 Å². The number of halogens is 1. The van der Waals surface area contributed by atoms with Crippen molar-refractivity contribution in [1.29, 1.82) is 0 Å². The molecule has 0 spiro atoms. The van der Waals surface area contributed by atoms with Crippen LogP contribution in [-0.4, -0.2) is 47.1 Å². The van der Waals surface area contributed by atoms with Gasteiger partial charge in [0.15, 0.2) is 15.1 Å². The highest BCUT2D eigenvalue weighted by Crippen LogP contribution is 2.42. The van der Waals surface area contributed by atoms with E-state index in [9.17, 15) is 0 Å². The minimum absolute atomic E-state index is 0.118. The maximum absolute atomic E-state index is 15.5. The molecule has 1 heterocycles. The van der Waals surface area contributed by atoms with E-state index in [1.165, 1.54) is 0 Å². The first-order valence-electron chi connectivity index (χ1n) is 14.0. The number of hydrogen-bond acceptors (Lipinski definition) is 5. The predicted octanol–water partition coefficient (Wildman–Crippen LogP) is 7.39. The van der Waals surface area contributed by atoms with Crippen molar-refractivity contribution in [1.82, 2.24) is 0 Å². The van der Waals surface area contributed by atoms with Crippen molar-refractivity contribution in [2.45, 2.75) is 110 Å². The average Bonchev–Trinajstić information content (AvgIpc) is 3.04. The fourth-order valence-electron chi connectivity index (χ4n) is 6.13. The quantitative estimate of drug-likeness (QED) is 0.158. The normalized spacial score (nSPS) is 17.4.